The van der Waals surface area contributed by atoms with E-state index < -0.39 is 0 Å². The maximum atomic E-state index is 12.9. The van der Waals surface area contributed by atoms with E-state index in [1.54, 1.807) is 12.1 Å². The molecule has 102 valence electrons. The molecule has 1 aliphatic rings. The van der Waals surface area contributed by atoms with Crippen molar-refractivity contribution >= 4 is 11.6 Å². The Balaban J connectivity index is 1.94. The highest BCUT2D eigenvalue weighted by Gasteiger charge is 2.23. The van der Waals surface area contributed by atoms with Gasteiger partial charge in [-0.1, -0.05) is 0 Å². The third kappa shape index (κ3) is 2.30. The monoisotopic (exact) mass is 271 g/mol. The van der Waals surface area contributed by atoms with E-state index in [0.29, 0.717) is 23.0 Å². The minimum absolute atomic E-state index is 0.261. The summed E-state index contributed by atoms with van der Waals surface area (Å²) in [6.45, 7) is 0.800. The van der Waals surface area contributed by atoms with Crippen molar-refractivity contribution < 1.29 is 4.39 Å². The molecule has 1 aliphatic carbocycles. The Morgan fingerprint density at radius 1 is 1.40 bits per heavy atom. The fourth-order valence-corrected chi connectivity index (χ4v) is 2.01. The standard InChI is InChI=1S/C14H14FN5/c15-10-3-5-11(6-4-10)20-13(17)12(7-16)14(19-20)18-8-9-1-2-9/h3-6,9H,1-2,8,17H2,(H,18,19). The molecule has 6 heteroatoms. The number of nitrogens with two attached hydrogens (primary N) is 1. The summed E-state index contributed by atoms with van der Waals surface area (Å²) < 4.78 is 14.4. The molecule has 5 nitrogen and oxygen atoms in total. The predicted octanol–water partition coefficient (Wildman–Crippen LogP) is 2.29. The molecule has 3 rings (SSSR count). The van der Waals surface area contributed by atoms with E-state index in [4.69, 9.17) is 5.73 Å². The summed E-state index contributed by atoms with van der Waals surface area (Å²) >= 11 is 0. The maximum absolute atomic E-state index is 12.9. The van der Waals surface area contributed by atoms with E-state index >= 15 is 0 Å². The van der Waals surface area contributed by atoms with Gasteiger partial charge in [0, 0.05) is 6.54 Å². The first-order valence-corrected chi connectivity index (χ1v) is 6.47. The molecule has 0 unspecified atom stereocenters. The SMILES string of the molecule is N#Cc1c(NCC2CC2)nn(-c2ccc(F)cc2)c1N. The number of nitrogens with zero attached hydrogens (tertiary/aromatic N) is 3. The van der Waals surface area contributed by atoms with Crippen LogP contribution in [-0.2, 0) is 0 Å². The van der Waals surface area contributed by atoms with Crippen LogP contribution in [0.4, 0.5) is 16.0 Å². The lowest BCUT2D eigenvalue weighted by molar-refractivity contribution is 0.627. The molecule has 0 aliphatic heterocycles. The van der Waals surface area contributed by atoms with Crippen molar-refractivity contribution in [2.24, 2.45) is 5.92 Å². The summed E-state index contributed by atoms with van der Waals surface area (Å²) in [5, 5.41) is 16.7. The van der Waals surface area contributed by atoms with E-state index in [9.17, 15) is 9.65 Å². The van der Waals surface area contributed by atoms with Crippen LogP contribution in [0.1, 0.15) is 18.4 Å². The number of aromatic nitrogens is 2. The number of nitrogen functional groups attached to an aromatic ring is 1. The normalized spacial score (nSPS) is 14.0. The van der Waals surface area contributed by atoms with Crippen LogP contribution in [0.5, 0.6) is 0 Å². The molecule has 0 radical (unpaired) electrons. The van der Waals surface area contributed by atoms with Crippen LogP contribution < -0.4 is 11.1 Å². The molecule has 20 heavy (non-hydrogen) atoms. The second-order valence-corrected chi connectivity index (χ2v) is 4.93. The van der Waals surface area contributed by atoms with Gasteiger partial charge in [0.15, 0.2) is 5.82 Å². The van der Waals surface area contributed by atoms with Crippen molar-refractivity contribution in [3.8, 4) is 11.8 Å². The van der Waals surface area contributed by atoms with Crippen LogP contribution in [0.15, 0.2) is 24.3 Å². The van der Waals surface area contributed by atoms with Crippen LogP contribution in [-0.4, -0.2) is 16.3 Å². The molecule has 2 aromatic rings. The van der Waals surface area contributed by atoms with E-state index in [2.05, 4.69) is 16.5 Å². The Morgan fingerprint density at radius 3 is 2.70 bits per heavy atom. The molecule has 1 fully saturated rings. The van der Waals surface area contributed by atoms with E-state index in [-0.39, 0.29) is 11.6 Å². The lowest BCUT2D eigenvalue weighted by Gasteiger charge is -2.03. The van der Waals surface area contributed by atoms with Crippen molar-refractivity contribution in [2.75, 3.05) is 17.6 Å². The zero-order valence-electron chi connectivity index (χ0n) is 10.8. The molecule has 1 aromatic carbocycles. The lowest BCUT2D eigenvalue weighted by Crippen LogP contribution is -2.05. The average molecular weight is 271 g/mol. The minimum atomic E-state index is -0.327. The number of benzene rings is 1. The van der Waals surface area contributed by atoms with E-state index in [0.717, 1.165) is 6.54 Å². The van der Waals surface area contributed by atoms with Gasteiger partial charge in [-0.3, -0.25) is 0 Å². The number of hydrogen-bond donors (Lipinski definition) is 2. The third-order valence-electron chi connectivity index (χ3n) is 3.36. The van der Waals surface area contributed by atoms with Crippen LogP contribution in [0.25, 0.3) is 5.69 Å². The Morgan fingerprint density at radius 2 is 2.10 bits per heavy atom. The van der Waals surface area contributed by atoms with Gasteiger partial charge >= 0.3 is 0 Å². The first-order valence-electron chi connectivity index (χ1n) is 6.47. The van der Waals surface area contributed by atoms with Gasteiger partial charge in [-0.05, 0) is 43.0 Å². The minimum Gasteiger partial charge on any atom is -0.382 e. The Hall–Kier alpha value is -2.55. The van der Waals surface area contributed by atoms with Gasteiger partial charge in [-0.25, -0.2) is 9.07 Å². The molecule has 1 saturated carbocycles. The van der Waals surface area contributed by atoms with E-state index in [1.807, 2.05) is 0 Å². The highest BCUT2D eigenvalue weighted by molar-refractivity contribution is 5.66. The fraction of sp³-hybridized carbons (Fsp3) is 0.286. The van der Waals surface area contributed by atoms with Crippen LogP contribution in [0.3, 0.4) is 0 Å². The zero-order chi connectivity index (χ0) is 14.1. The number of hydrogen-bond acceptors (Lipinski definition) is 4. The van der Waals surface area contributed by atoms with Gasteiger partial charge < -0.3 is 11.1 Å². The van der Waals surface area contributed by atoms with Crippen LogP contribution in [0.2, 0.25) is 0 Å². The summed E-state index contributed by atoms with van der Waals surface area (Å²) in [5.74, 6) is 1.09. The summed E-state index contributed by atoms with van der Waals surface area (Å²) in [5.41, 5.74) is 6.90. The van der Waals surface area contributed by atoms with Gasteiger partial charge in [0.25, 0.3) is 0 Å². The van der Waals surface area contributed by atoms with Gasteiger partial charge in [0.05, 0.1) is 5.69 Å². The maximum Gasteiger partial charge on any atom is 0.168 e. The van der Waals surface area contributed by atoms with Crippen LogP contribution >= 0.6 is 0 Å². The molecule has 0 bridgehead atoms. The molecule has 0 spiro atoms. The molecule has 0 saturated heterocycles. The smallest absolute Gasteiger partial charge is 0.168 e. The van der Waals surface area contributed by atoms with Gasteiger partial charge in [0.2, 0.25) is 0 Å². The van der Waals surface area contributed by atoms with Gasteiger partial charge in [0.1, 0.15) is 23.3 Å². The zero-order valence-corrected chi connectivity index (χ0v) is 10.8. The number of nitrogens with one attached hydrogen (secondary N) is 1. The summed E-state index contributed by atoms with van der Waals surface area (Å²) in [4.78, 5) is 0. The first kappa shape index (κ1) is 12.5. The molecular weight excluding hydrogens is 257 g/mol. The number of anilines is 2. The molecule has 1 heterocycles. The van der Waals surface area contributed by atoms with Gasteiger partial charge in [-0.2, -0.15) is 5.26 Å². The number of nitriles is 1. The highest BCUT2D eigenvalue weighted by atomic mass is 19.1. The Labute approximate surface area is 115 Å². The molecular formula is C14H14FN5. The summed E-state index contributed by atoms with van der Waals surface area (Å²) in [7, 11) is 0. The second-order valence-electron chi connectivity index (χ2n) is 4.93. The van der Waals surface area contributed by atoms with E-state index in [1.165, 1.54) is 29.7 Å². The van der Waals surface area contributed by atoms with Crippen molar-refractivity contribution in [1.29, 1.82) is 5.26 Å². The third-order valence-corrected chi connectivity index (χ3v) is 3.36. The van der Waals surface area contributed by atoms with Crippen LogP contribution in [0, 0.1) is 23.1 Å². The predicted molar refractivity (Wildman–Crippen MR) is 73.9 cm³/mol. The first-order chi connectivity index (χ1) is 9.69. The number of rotatable bonds is 4. The van der Waals surface area contributed by atoms with Crippen molar-refractivity contribution in [3.05, 3.63) is 35.6 Å². The average Bonchev–Trinajstić information content (AvgIpc) is 3.22. The van der Waals surface area contributed by atoms with Crippen molar-refractivity contribution in [3.63, 3.8) is 0 Å². The number of halogens is 1. The van der Waals surface area contributed by atoms with Gasteiger partial charge in [-0.15, -0.1) is 5.10 Å². The largest absolute Gasteiger partial charge is 0.382 e. The van der Waals surface area contributed by atoms with Crippen molar-refractivity contribution in [1.82, 2.24) is 9.78 Å². The van der Waals surface area contributed by atoms with Crippen molar-refractivity contribution in [2.45, 2.75) is 12.8 Å². The molecule has 3 N–H and O–H groups in total. The molecule has 1 aromatic heterocycles. The quantitative estimate of drug-likeness (QED) is 0.894. The fourth-order valence-electron chi connectivity index (χ4n) is 2.01. The topological polar surface area (TPSA) is 79.7 Å². The highest BCUT2D eigenvalue weighted by Crippen LogP contribution is 2.30. The second kappa shape index (κ2) is 4.85. The molecule has 0 atom stereocenters. The summed E-state index contributed by atoms with van der Waals surface area (Å²) in [6.07, 6.45) is 2.42. The lowest BCUT2D eigenvalue weighted by atomic mass is 10.3. The Bertz CT molecular complexity index is 664. The molecule has 0 amide bonds. The Kier molecular flexibility index (Phi) is 3.03. The summed E-state index contributed by atoms with van der Waals surface area (Å²) in [6, 6.07) is 7.88.